The Morgan fingerprint density at radius 2 is 0.968 bits per heavy atom. The van der Waals surface area contributed by atoms with Gasteiger partial charge in [-0.2, -0.15) is 0 Å². The lowest BCUT2D eigenvalue weighted by Crippen LogP contribution is -2.60. The molecule has 16 rings (SSSR count). The number of benzene rings is 10. The lowest BCUT2D eigenvalue weighted by Gasteiger charge is -2.45. The van der Waals surface area contributed by atoms with E-state index in [1.165, 1.54) is 115 Å². The normalized spacial score (nSPS) is 16.0. The maximum Gasteiger partial charge on any atom is 0.343 e. The van der Waals surface area contributed by atoms with Gasteiger partial charge in [0.1, 0.15) is 5.58 Å². The highest BCUT2D eigenvalue weighted by Gasteiger charge is 2.51. The van der Waals surface area contributed by atoms with E-state index in [-0.39, 0.29) is 44.8 Å². The van der Waals surface area contributed by atoms with Crippen molar-refractivity contribution in [2.24, 2.45) is 0 Å². The van der Waals surface area contributed by atoms with Crippen molar-refractivity contribution >= 4 is 106 Å². The van der Waals surface area contributed by atoms with Crippen LogP contribution in [-0.2, 0) is 37.9 Å². The molecule has 0 atom stereocenters. The highest BCUT2D eigenvalue weighted by molar-refractivity contribution is 7.32. The number of fused-ring (bicyclic) bond motifs is 14. The topological polar surface area (TPSA) is 22.9 Å². The van der Waals surface area contributed by atoms with Crippen molar-refractivity contribution in [3.05, 3.63) is 239 Å². The van der Waals surface area contributed by atoms with E-state index < -0.39 is 0 Å². The molecule has 0 saturated heterocycles. The van der Waals surface area contributed by atoms with Crippen molar-refractivity contribution in [1.82, 2.24) is 0 Å². The molecule has 0 unspecified atom stereocenters. The first-order chi connectivity index (χ1) is 44.9. The Hall–Kier alpha value is -8.58. The van der Waals surface area contributed by atoms with Crippen molar-refractivity contribution in [3.63, 3.8) is 0 Å². The van der Waals surface area contributed by atoms with E-state index in [0.717, 1.165) is 63.2 Å². The highest BCUT2D eigenvalue weighted by atomic mass is 32.1. The third-order valence-corrected chi connectivity index (χ3v) is 23.5. The van der Waals surface area contributed by atoms with Crippen LogP contribution in [0.5, 0.6) is 0 Å². The van der Waals surface area contributed by atoms with Crippen LogP contribution in [0.15, 0.2) is 199 Å². The number of rotatable bonds is 6. The van der Waals surface area contributed by atoms with Gasteiger partial charge in [0.2, 0.25) is 0 Å². The molecule has 2 aromatic heterocycles. The Kier molecular flexibility index (Phi) is 13.4. The van der Waals surface area contributed by atoms with Gasteiger partial charge in [-0.25, -0.2) is 0 Å². The van der Waals surface area contributed by atoms with Gasteiger partial charge in [0.05, 0.1) is 17.1 Å². The van der Waals surface area contributed by atoms with E-state index in [4.69, 9.17) is 4.42 Å². The summed E-state index contributed by atoms with van der Waals surface area (Å²) in [4.78, 5) is 7.94. The van der Waals surface area contributed by atoms with Crippen LogP contribution in [-0.4, -0.2) is 6.85 Å². The average molecular weight is 1260 g/mol. The molecule has 4 nitrogen and oxygen atoms in total. The standard InChI is InChI=1S/C89H90BN3OS/c1-83(2,3)54-28-35-58(36-29-54)91(59-37-30-55(31-38-59)84(4,5)6)61-41-42-70-64(47-61)65-48-66-67-49-68-62-26-22-23-27-76(62)94-81(68)80-78(67)90(93(75(66)51-71(65)89(70,17)18)60-39-32-56(33-40-60)85(7,8)9)82-79(69-50-72-73(52-77(69)95-82)88(15,16)45-44-87(72,13)14)92(80)74-43-34-57(86(10,11)12)46-63(74)53-24-20-19-21-25-53/h19-43,46-52H,44-45H2,1-18H3. The summed E-state index contributed by atoms with van der Waals surface area (Å²) < 4.78 is 10.2. The van der Waals surface area contributed by atoms with E-state index >= 15 is 0 Å². The third kappa shape index (κ3) is 9.56. The molecule has 0 radical (unpaired) electrons. The van der Waals surface area contributed by atoms with Crippen LogP contribution in [0.25, 0.3) is 65.4 Å². The van der Waals surface area contributed by atoms with Crippen molar-refractivity contribution in [2.45, 2.75) is 175 Å². The number of hydrogen-bond acceptors (Lipinski definition) is 5. The summed E-state index contributed by atoms with van der Waals surface area (Å²) in [5.74, 6) is 0. The van der Waals surface area contributed by atoms with Gasteiger partial charge < -0.3 is 19.0 Å². The molecule has 10 aromatic carbocycles. The number of hydrogen-bond donors (Lipinski definition) is 0. The number of furan rings is 1. The fourth-order valence-electron chi connectivity index (χ4n) is 16.5. The number of anilines is 8. The molecule has 12 aromatic rings. The zero-order chi connectivity index (χ0) is 66.6. The molecule has 476 valence electrons. The molecule has 0 fully saturated rings. The van der Waals surface area contributed by atoms with Gasteiger partial charge in [0.25, 0.3) is 0 Å². The molecule has 95 heavy (non-hydrogen) atoms. The number of thiophene rings is 1. The quantitative estimate of drug-likeness (QED) is 0.155. The minimum atomic E-state index is -0.332. The van der Waals surface area contributed by atoms with E-state index in [2.05, 4.69) is 333 Å². The van der Waals surface area contributed by atoms with Crippen LogP contribution < -0.4 is 24.9 Å². The van der Waals surface area contributed by atoms with Crippen molar-refractivity contribution in [1.29, 1.82) is 0 Å². The minimum Gasteiger partial charge on any atom is -0.454 e. The summed E-state index contributed by atoms with van der Waals surface area (Å²) in [6.45, 7) is 42.4. The zero-order valence-corrected chi connectivity index (χ0v) is 59.9. The van der Waals surface area contributed by atoms with E-state index in [9.17, 15) is 0 Å². The number of nitrogens with zero attached hydrogens (tertiary/aromatic N) is 3. The van der Waals surface area contributed by atoms with E-state index in [1.54, 1.807) is 0 Å². The second kappa shape index (κ2) is 20.7. The Balaban J connectivity index is 1.02. The molecule has 6 heteroatoms. The first-order valence-corrected chi connectivity index (χ1v) is 35.5. The smallest absolute Gasteiger partial charge is 0.343 e. The summed E-state index contributed by atoms with van der Waals surface area (Å²) >= 11 is 2.01. The van der Waals surface area contributed by atoms with Gasteiger partial charge in [0, 0.05) is 70.6 Å². The van der Waals surface area contributed by atoms with Crippen LogP contribution in [0.3, 0.4) is 0 Å². The molecule has 4 aliphatic rings. The van der Waals surface area contributed by atoms with Gasteiger partial charge in [-0.05, 0) is 215 Å². The van der Waals surface area contributed by atoms with E-state index in [1.807, 2.05) is 11.3 Å². The summed E-state index contributed by atoms with van der Waals surface area (Å²) in [5, 5.41) is 3.54. The van der Waals surface area contributed by atoms with Gasteiger partial charge >= 0.3 is 6.85 Å². The molecule has 0 N–H and O–H groups in total. The molecular weight excluding hydrogens is 1170 g/mol. The third-order valence-electron chi connectivity index (χ3n) is 22.3. The van der Waals surface area contributed by atoms with Crippen molar-refractivity contribution < 1.29 is 4.42 Å². The van der Waals surface area contributed by atoms with Gasteiger partial charge in [-0.1, -0.05) is 222 Å². The van der Waals surface area contributed by atoms with Crippen LogP contribution in [0.2, 0.25) is 0 Å². The molecular formula is C89H90BN3OS. The monoisotopic (exact) mass is 1260 g/mol. The Labute approximate surface area is 568 Å². The highest BCUT2D eigenvalue weighted by Crippen LogP contribution is 2.60. The van der Waals surface area contributed by atoms with E-state index in [0.29, 0.717) is 0 Å². The molecule has 0 bridgehead atoms. The SMILES string of the molecule is CC(C)(C)c1ccc(N2B3c4sc5cc6c(cc5c4N(c4ccc(C(C)(C)C)cc4-c4ccccc4)c4c3c(cc3c4oc4ccccc43)-c3cc4c(cc32)C(C)(C)c2ccc(N(c3ccc(C(C)(C)C)cc3)c3ccc(C(C)(C)C)cc3)cc2-4)C(C)(C)CCC6(C)C)cc1. The summed E-state index contributed by atoms with van der Waals surface area (Å²) in [7, 11) is 0. The maximum absolute atomic E-state index is 7.58. The fraction of sp³-hybridized carbons (Fsp3) is 0.303. The summed E-state index contributed by atoms with van der Waals surface area (Å²) in [6, 6.07) is 75.8. The van der Waals surface area contributed by atoms with Crippen LogP contribution >= 0.6 is 11.3 Å². The summed E-state index contributed by atoms with van der Waals surface area (Å²) in [5.41, 5.74) is 30.2. The first kappa shape index (κ1) is 61.3. The van der Waals surface area contributed by atoms with Gasteiger partial charge in [0.15, 0.2) is 5.58 Å². The molecule has 0 spiro atoms. The fourth-order valence-corrected chi connectivity index (χ4v) is 17.8. The Morgan fingerprint density at radius 3 is 1.58 bits per heavy atom. The van der Waals surface area contributed by atoms with Gasteiger partial charge in [-0.15, -0.1) is 11.3 Å². The molecule has 2 aliphatic carbocycles. The predicted octanol–water partition coefficient (Wildman–Crippen LogP) is 24.5. The first-order valence-electron chi connectivity index (χ1n) is 34.7. The minimum absolute atomic E-state index is 0.0161. The van der Waals surface area contributed by atoms with Crippen LogP contribution in [0, 0.1) is 0 Å². The van der Waals surface area contributed by atoms with Gasteiger partial charge in [-0.3, -0.25) is 0 Å². The molecule has 0 amide bonds. The molecule has 2 aliphatic heterocycles. The zero-order valence-electron chi connectivity index (χ0n) is 59.1. The number of para-hydroxylation sites is 1. The Bertz CT molecular complexity index is 5070. The van der Waals surface area contributed by atoms with Crippen molar-refractivity contribution in [2.75, 3.05) is 14.6 Å². The maximum atomic E-state index is 7.58. The van der Waals surface area contributed by atoms with Crippen LogP contribution in [0.4, 0.5) is 45.5 Å². The lowest BCUT2D eigenvalue weighted by molar-refractivity contribution is 0.332. The van der Waals surface area contributed by atoms with Crippen LogP contribution in [0.1, 0.15) is 182 Å². The second-order valence-corrected chi connectivity index (χ2v) is 35.2. The summed E-state index contributed by atoms with van der Waals surface area (Å²) in [6.07, 6.45) is 2.28. The van der Waals surface area contributed by atoms with Crippen molar-refractivity contribution in [3.8, 4) is 33.4 Å². The molecule has 4 heterocycles. The largest absolute Gasteiger partial charge is 0.454 e. The molecule has 0 saturated carbocycles. The lowest BCUT2D eigenvalue weighted by atomic mass is 9.46. The second-order valence-electron chi connectivity index (χ2n) is 34.1. The average Bonchev–Trinajstić information content (AvgIpc) is 1.63. The predicted molar refractivity (Wildman–Crippen MR) is 411 cm³/mol. The Morgan fingerprint density at radius 1 is 0.421 bits per heavy atom.